The highest BCUT2D eigenvalue weighted by Gasteiger charge is 2.59. The van der Waals surface area contributed by atoms with Crippen LogP contribution in [0.2, 0.25) is 0 Å². The second kappa shape index (κ2) is 6.07. The van der Waals surface area contributed by atoms with Crippen LogP contribution >= 0.6 is 0 Å². The van der Waals surface area contributed by atoms with Crippen LogP contribution in [-0.2, 0) is 14.3 Å². The molecule has 3 heteroatoms. The monoisotopic (exact) mass is 356 g/mol. The van der Waals surface area contributed by atoms with Crippen LogP contribution in [-0.4, -0.2) is 18.4 Å². The standard InChI is InChI=1S/C23H32O3/c1-14-9-11-22(3)19(17(14)13-24)6-5-16-18-7-8-21(26-15(2)25)23(18,4)12-10-20(16)22/h6,13,16,18,20-21H,5,7-12H2,1-4H3/t16?,18?,20?,21-,22-,23-/m0/s1. The van der Waals surface area contributed by atoms with Gasteiger partial charge in [0.15, 0.2) is 0 Å². The number of fused-ring (bicyclic) bond motifs is 5. The third kappa shape index (κ3) is 2.38. The Bertz CT molecular complexity index is 702. The zero-order chi connectivity index (χ0) is 18.7. The molecule has 0 N–H and O–H groups in total. The first-order valence-electron chi connectivity index (χ1n) is 10.3. The van der Waals surface area contributed by atoms with Gasteiger partial charge in [-0.05, 0) is 80.6 Å². The van der Waals surface area contributed by atoms with E-state index in [1.54, 1.807) is 0 Å². The van der Waals surface area contributed by atoms with Crippen molar-refractivity contribution in [3.05, 3.63) is 22.8 Å². The van der Waals surface area contributed by atoms with E-state index in [4.69, 9.17) is 4.74 Å². The van der Waals surface area contributed by atoms with E-state index in [2.05, 4.69) is 26.8 Å². The molecule has 0 amide bonds. The van der Waals surface area contributed by atoms with E-state index in [0.29, 0.717) is 17.8 Å². The van der Waals surface area contributed by atoms with E-state index in [9.17, 15) is 9.59 Å². The van der Waals surface area contributed by atoms with Crippen molar-refractivity contribution in [1.82, 2.24) is 0 Å². The van der Waals surface area contributed by atoms with Crippen LogP contribution in [0.4, 0.5) is 0 Å². The highest BCUT2D eigenvalue weighted by atomic mass is 16.5. The quantitative estimate of drug-likeness (QED) is 0.516. The molecule has 0 radical (unpaired) electrons. The van der Waals surface area contributed by atoms with Crippen molar-refractivity contribution >= 4 is 12.3 Å². The summed E-state index contributed by atoms with van der Waals surface area (Å²) in [5.74, 6) is 1.81. The lowest BCUT2D eigenvalue weighted by atomic mass is 9.47. The number of ether oxygens (including phenoxy) is 1. The number of aldehydes is 1. The van der Waals surface area contributed by atoms with Gasteiger partial charge in [0.1, 0.15) is 12.4 Å². The summed E-state index contributed by atoms with van der Waals surface area (Å²) < 4.78 is 5.74. The largest absolute Gasteiger partial charge is 0.462 e. The predicted molar refractivity (Wildman–Crippen MR) is 101 cm³/mol. The van der Waals surface area contributed by atoms with Gasteiger partial charge in [0.2, 0.25) is 0 Å². The summed E-state index contributed by atoms with van der Waals surface area (Å²) in [5, 5.41) is 0. The molecule has 26 heavy (non-hydrogen) atoms. The van der Waals surface area contributed by atoms with Crippen LogP contribution in [0, 0.1) is 28.6 Å². The summed E-state index contributed by atoms with van der Waals surface area (Å²) in [6.07, 6.45) is 11.4. The molecule has 3 nitrogen and oxygen atoms in total. The molecule has 0 spiro atoms. The predicted octanol–water partition coefficient (Wildman–Crippen LogP) is 5.01. The van der Waals surface area contributed by atoms with Crippen LogP contribution < -0.4 is 0 Å². The van der Waals surface area contributed by atoms with Gasteiger partial charge in [-0.3, -0.25) is 9.59 Å². The fraction of sp³-hybridized carbons (Fsp3) is 0.739. The van der Waals surface area contributed by atoms with Crippen molar-refractivity contribution < 1.29 is 14.3 Å². The molecule has 0 saturated heterocycles. The van der Waals surface area contributed by atoms with E-state index in [0.717, 1.165) is 37.5 Å². The van der Waals surface area contributed by atoms with Gasteiger partial charge in [-0.2, -0.15) is 0 Å². The third-order valence-corrected chi connectivity index (χ3v) is 8.57. The van der Waals surface area contributed by atoms with Gasteiger partial charge in [-0.15, -0.1) is 0 Å². The number of allylic oxidation sites excluding steroid dienone is 4. The summed E-state index contributed by atoms with van der Waals surface area (Å²) in [6, 6.07) is 0. The summed E-state index contributed by atoms with van der Waals surface area (Å²) in [7, 11) is 0. The van der Waals surface area contributed by atoms with Gasteiger partial charge >= 0.3 is 5.97 Å². The lowest BCUT2D eigenvalue weighted by Gasteiger charge is -2.57. The molecule has 0 aromatic heterocycles. The molecule has 3 unspecified atom stereocenters. The van der Waals surface area contributed by atoms with Gasteiger partial charge in [0.05, 0.1) is 0 Å². The van der Waals surface area contributed by atoms with E-state index >= 15 is 0 Å². The molecule has 0 bridgehead atoms. The van der Waals surface area contributed by atoms with Crippen LogP contribution in [0.25, 0.3) is 0 Å². The van der Waals surface area contributed by atoms with Gasteiger partial charge < -0.3 is 4.74 Å². The van der Waals surface area contributed by atoms with Crippen molar-refractivity contribution in [1.29, 1.82) is 0 Å². The number of carbonyl (C=O) groups excluding carboxylic acids is 2. The number of carbonyl (C=O) groups is 2. The molecule has 0 heterocycles. The van der Waals surface area contributed by atoms with Crippen molar-refractivity contribution in [3.63, 3.8) is 0 Å². The SMILES string of the molecule is CC(=O)O[C@H]1CCC2C3CC=C4C(C=O)=C(C)CC[C@]4(C)C3CC[C@@]21C. The van der Waals surface area contributed by atoms with Crippen LogP contribution in [0.1, 0.15) is 72.6 Å². The molecule has 0 aliphatic heterocycles. The molecule has 0 aromatic rings. The molecule has 142 valence electrons. The topological polar surface area (TPSA) is 43.4 Å². The first-order chi connectivity index (χ1) is 12.3. The lowest BCUT2D eigenvalue weighted by Crippen LogP contribution is -2.51. The summed E-state index contributed by atoms with van der Waals surface area (Å²) in [4.78, 5) is 23.3. The third-order valence-electron chi connectivity index (χ3n) is 8.57. The highest BCUT2D eigenvalue weighted by Crippen LogP contribution is 2.65. The summed E-state index contributed by atoms with van der Waals surface area (Å²) >= 11 is 0. The van der Waals surface area contributed by atoms with Crippen LogP contribution in [0.15, 0.2) is 22.8 Å². The van der Waals surface area contributed by atoms with E-state index in [1.807, 2.05) is 0 Å². The molecule has 6 atom stereocenters. The summed E-state index contributed by atoms with van der Waals surface area (Å²) in [5.41, 5.74) is 3.84. The molecular weight excluding hydrogens is 324 g/mol. The minimum Gasteiger partial charge on any atom is -0.462 e. The maximum absolute atomic E-state index is 11.8. The Labute approximate surface area is 157 Å². The van der Waals surface area contributed by atoms with Gasteiger partial charge in [0.25, 0.3) is 0 Å². The molecular formula is C23H32O3. The minimum absolute atomic E-state index is 0.0863. The van der Waals surface area contributed by atoms with Crippen molar-refractivity contribution in [2.75, 3.05) is 0 Å². The zero-order valence-corrected chi connectivity index (χ0v) is 16.6. The van der Waals surface area contributed by atoms with E-state index in [-0.39, 0.29) is 22.9 Å². The normalized spacial score (nSPS) is 44.5. The average Bonchev–Trinajstić information content (AvgIpc) is 2.91. The maximum Gasteiger partial charge on any atom is 0.302 e. The van der Waals surface area contributed by atoms with Gasteiger partial charge in [-0.1, -0.05) is 25.5 Å². The van der Waals surface area contributed by atoms with Crippen molar-refractivity contribution in [2.24, 2.45) is 28.6 Å². The Kier molecular flexibility index (Phi) is 4.20. The molecule has 2 fully saturated rings. The Hall–Kier alpha value is -1.38. The van der Waals surface area contributed by atoms with Crippen LogP contribution in [0.5, 0.6) is 0 Å². The number of hydrogen-bond acceptors (Lipinski definition) is 3. The maximum atomic E-state index is 11.8. The van der Waals surface area contributed by atoms with Crippen LogP contribution in [0.3, 0.4) is 0 Å². The van der Waals surface area contributed by atoms with Gasteiger partial charge in [0, 0.05) is 17.9 Å². The molecule has 0 aromatic carbocycles. The molecule has 2 saturated carbocycles. The first kappa shape index (κ1) is 18.0. The fourth-order valence-electron chi connectivity index (χ4n) is 7.15. The second-order valence-electron chi connectivity index (χ2n) is 9.68. The first-order valence-corrected chi connectivity index (χ1v) is 10.3. The van der Waals surface area contributed by atoms with Crippen molar-refractivity contribution in [3.8, 4) is 0 Å². The average molecular weight is 357 g/mol. The highest BCUT2D eigenvalue weighted by molar-refractivity contribution is 5.83. The fourth-order valence-corrected chi connectivity index (χ4v) is 7.15. The Morgan fingerprint density at radius 1 is 1.19 bits per heavy atom. The van der Waals surface area contributed by atoms with E-state index in [1.165, 1.54) is 37.3 Å². The van der Waals surface area contributed by atoms with Gasteiger partial charge in [-0.25, -0.2) is 0 Å². The zero-order valence-electron chi connectivity index (χ0n) is 16.6. The smallest absolute Gasteiger partial charge is 0.302 e. The molecule has 4 aliphatic carbocycles. The lowest BCUT2D eigenvalue weighted by molar-refractivity contribution is -0.156. The Morgan fingerprint density at radius 3 is 2.65 bits per heavy atom. The minimum atomic E-state index is -0.139. The second-order valence-corrected chi connectivity index (χ2v) is 9.68. The number of hydrogen-bond donors (Lipinski definition) is 0. The Morgan fingerprint density at radius 2 is 1.96 bits per heavy atom. The number of esters is 1. The Balaban J connectivity index is 1.68. The molecule has 4 rings (SSSR count). The number of rotatable bonds is 2. The van der Waals surface area contributed by atoms with E-state index < -0.39 is 0 Å². The summed E-state index contributed by atoms with van der Waals surface area (Å²) in [6.45, 7) is 8.43. The van der Waals surface area contributed by atoms with Crippen molar-refractivity contribution in [2.45, 2.75) is 78.7 Å². The molecule has 4 aliphatic rings.